The Bertz CT molecular complexity index is 450. The lowest BCUT2D eigenvalue weighted by Gasteiger charge is -2.35. The highest BCUT2D eigenvalue weighted by Crippen LogP contribution is 2.22. The van der Waals surface area contributed by atoms with Crippen molar-refractivity contribution in [2.75, 3.05) is 13.6 Å². The molecule has 2 rings (SSSR count). The minimum absolute atomic E-state index is 0.0952. The summed E-state index contributed by atoms with van der Waals surface area (Å²) >= 11 is 0. The molecule has 110 valence electrons. The highest BCUT2D eigenvalue weighted by molar-refractivity contribution is 5.94. The second-order valence-electron chi connectivity index (χ2n) is 5.43. The standard InChI is InChI=1S/C15H21FN2O2/c1-18(13-4-2-3-5-15(13)20)9-8-14(19)12-7-6-11(16)10-17-12/h6-7,10,13,15,20H,2-5,8-9H2,1H3. The molecule has 2 unspecified atom stereocenters. The minimum Gasteiger partial charge on any atom is -0.391 e. The second-order valence-corrected chi connectivity index (χ2v) is 5.43. The number of aliphatic hydroxyl groups excluding tert-OH is 1. The molecule has 4 nitrogen and oxygen atoms in total. The fourth-order valence-corrected chi connectivity index (χ4v) is 2.72. The molecule has 0 radical (unpaired) electrons. The average molecular weight is 280 g/mol. The van der Waals surface area contributed by atoms with Gasteiger partial charge in [-0.05, 0) is 32.0 Å². The van der Waals surface area contributed by atoms with Crippen LogP contribution in [0, 0.1) is 5.82 Å². The molecule has 1 fully saturated rings. The second kappa shape index (κ2) is 6.90. The van der Waals surface area contributed by atoms with E-state index in [2.05, 4.69) is 4.98 Å². The maximum atomic E-state index is 12.7. The average Bonchev–Trinajstić information content (AvgIpc) is 2.45. The van der Waals surface area contributed by atoms with Gasteiger partial charge < -0.3 is 10.0 Å². The molecule has 0 amide bonds. The van der Waals surface area contributed by atoms with E-state index in [0.29, 0.717) is 18.7 Å². The van der Waals surface area contributed by atoms with E-state index in [-0.39, 0.29) is 17.9 Å². The zero-order valence-electron chi connectivity index (χ0n) is 11.8. The van der Waals surface area contributed by atoms with Crippen molar-refractivity contribution in [2.24, 2.45) is 0 Å². The van der Waals surface area contributed by atoms with E-state index in [1.165, 1.54) is 12.1 Å². The number of hydrogen-bond acceptors (Lipinski definition) is 4. The van der Waals surface area contributed by atoms with Crippen LogP contribution in [0.1, 0.15) is 42.6 Å². The number of carbonyl (C=O) groups is 1. The summed E-state index contributed by atoms with van der Waals surface area (Å²) in [5, 5.41) is 9.97. The van der Waals surface area contributed by atoms with Crippen molar-refractivity contribution < 1.29 is 14.3 Å². The Morgan fingerprint density at radius 1 is 1.45 bits per heavy atom. The highest BCUT2D eigenvalue weighted by Gasteiger charge is 2.26. The lowest BCUT2D eigenvalue weighted by atomic mass is 9.91. The van der Waals surface area contributed by atoms with Gasteiger partial charge in [0.05, 0.1) is 12.3 Å². The van der Waals surface area contributed by atoms with Crippen LogP contribution in [0.15, 0.2) is 18.3 Å². The summed E-state index contributed by atoms with van der Waals surface area (Å²) in [6.07, 6.45) is 5.10. The Hall–Kier alpha value is -1.33. The van der Waals surface area contributed by atoms with Crippen molar-refractivity contribution in [1.82, 2.24) is 9.88 Å². The van der Waals surface area contributed by atoms with Crippen molar-refractivity contribution >= 4 is 5.78 Å². The van der Waals surface area contributed by atoms with E-state index >= 15 is 0 Å². The van der Waals surface area contributed by atoms with Gasteiger partial charge in [-0.25, -0.2) is 4.39 Å². The van der Waals surface area contributed by atoms with Crippen LogP contribution in [0.5, 0.6) is 0 Å². The third-order valence-corrected chi connectivity index (χ3v) is 3.96. The van der Waals surface area contributed by atoms with E-state index in [4.69, 9.17) is 0 Å². The fourth-order valence-electron chi connectivity index (χ4n) is 2.72. The van der Waals surface area contributed by atoms with E-state index < -0.39 is 5.82 Å². The zero-order chi connectivity index (χ0) is 14.5. The van der Waals surface area contributed by atoms with Crippen LogP contribution in [0.4, 0.5) is 4.39 Å². The number of Topliss-reactive ketones (excluding diaryl/α,β-unsaturated/α-hetero) is 1. The normalized spacial score (nSPS) is 23.0. The molecule has 1 N–H and O–H groups in total. The molecule has 1 aliphatic carbocycles. The van der Waals surface area contributed by atoms with Crippen LogP contribution in [0.3, 0.4) is 0 Å². The van der Waals surface area contributed by atoms with Gasteiger partial charge in [0.1, 0.15) is 11.5 Å². The van der Waals surface area contributed by atoms with Gasteiger partial charge >= 0.3 is 0 Å². The van der Waals surface area contributed by atoms with Gasteiger partial charge in [0, 0.05) is 19.0 Å². The van der Waals surface area contributed by atoms with E-state index in [1.807, 2.05) is 11.9 Å². The quantitative estimate of drug-likeness (QED) is 0.839. The number of likely N-dealkylation sites (N-methyl/N-ethyl adjacent to an activating group) is 1. The Labute approximate surface area is 118 Å². The summed E-state index contributed by atoms with van der Waals surface area (Å²) in [5.74, 6) is -0.536. The molecule has 1 aromatic rings. The number of carbonyl (C=O) groups excluding carboxylic acids is 1. The fraction of sp³-hybridized carbons (Fsp3) is 0.600. The molecule has 0 spiro atoms. The largest absolute Gasteiger partial charge is 0.391 e. The van der Waals surface area contributed by atoms with Crippen molar-refractivity contribution in [3.63, 3.8) is 0 Å². The van der Waals surface area contributed by atoms with Crippen LogP contribution < -0.4 is 0 Å². The van der Waals surface area contributed by atoms with E-state index in [0.717, 1.165) is 31.9 Å². The molecule has 1 aromatic heterocycles. The Kier molecular flexibility index (Phi) is 5.20. The summed E-state index contributed by atoms with van der Waals surface area (Å²) < 4.78 is 12.7. The maximum absolute atomic E-state index is 12.7. The number of ketones is 1. The van der Waals surface area contributed by atoms with Gasteiger partial charge in [0.2, 0.25) is 0 Å². The monoisotopic (exact) mass is 280 g/mol. The number of halogens is 1. The summed E-state index contributed by atoms with van der Waals surface area (Å²) in [7, 11) is 1.94. The predicted molar refractivity (Wildman–Crippen MR) is 74.0 cm³/mol. The van der Waals surface area contributed by atoms with Crippen molar-refractivity contribution in [2.45, 2.75) is 44.2 Å². The first kappa shape index (κ1) is 15.1. The first-order valence-corrected chi connectivity index (χ1v) is 7.11. The third kappa shape index (κ3) is 3.84. The smallest absolute Gasteiger partial charge is 0.182 e. The van der Waals surface area contributed by atoms with Crippen LogP contribution in [-0.4, -0.2) is 46.5 Å². The van der Waals surface area contributed by atoms with Crippen molar-refractivity contribution in [1.29, 1.82) is 0 Å². The lowest BCUT2D eigenvalue weighted by molar-refractivity contribution is 0.0315. The van der Waals surface area contributed by atoms with Gasteiger partial charge in [-0.15, -0.1) is 0 Å². The minimum atomic E-state index is -0.441. The van der Waals surface area contributed by atoms with E-state index in [9.17, 15) is 14.3 Å². The van der Waals surface area contributed by atoms with Gasteiger partial charge in [-0.2, -0.15) is 0 Å². The van der Waals surface area contributed by atoms with E-state index in [1.54, 1.807) is 0 Å². The van der Waals surface area contributed by atoms with Crippen molar-refractivity contribution in [3.8, 4) is 0 Å². The van der Waals surface area contributed by atoms with Gasteiger partial charge in [0.25, 0.3) is 0 Å². The Morgan fingerprint density at radius 2 is 2.20 bits per heavy atom. The molecular weight excluding hydrogens is 259 g/mol. The molecule has 20 heavy (non-hydrogen) atoms. The predicted octanol–water partition coefficient (Wildman–Crippen LogP) is 2.03. The zero-order valence-corrected chi connectivity index (χ0v) is 11.8. The number of aromatic nitrogens is 1. The molecule has 1 saturated carbocycles. The van der Waals surface area contributed by atoms with Crippen LogP contribution in [0.25, 0.3) is 0 Å². The van der Waals surface area contributed by atoms with Crippen LogP contribution >= 0.6 is 0 Å². The summed E-state index contributed by atoms with van der Waals surface area (Å²) in [6.45, 7) is 0.583. The topological polar surface area (TPSA) is 53.4 Å². The Morgan fingerprint density at radius 3 is 2.85 bits per heavy atom. The molecule has 0 bridgehead atoms. The van der Waals surface area contributed by atoms with Gasteiger partial charge in [0.15, 0.2) is 5.78 Å². The molecule has 0 aliphatic heterocycles. The van der Waals surface area contributed by atoms with Crippen molar-refractivity contribution in [3.05, 3.63) is 29.8 Å². The van der Waals surface area contributed by atoms with Gasteiger partial charge in [-0.3, -0.25) is 9.78 Å². The van der Waals surface area contributed by atoms with Gasteiger partial charge in [-0.1, -0.05) is 12.8 Å². The third-order valence-electron chi connectivity index (χ3n) is 3.96. The van der Waals surface area contributed by atoms with Crippen LogP contribution in [-0.2, 0) is 0 Å². The number of rotatable bonds is 5. The maximum Gasteiger partial charge on any atom is 0.182 e. The lowest BCUT2D eigenvalue weighted by Crippen LogP contribution is -2.44. The summed E-state index contributed by atoms with van der Waals surface area (Å²) in [6, 6.07) is 2.79. The molecule has 0 saturated heterocycles. The molecule has 5 heteroatoms. The summed E-state index contributed by atoms with van der Waals surface area (Å²) in [4.78, 5) is 17.8. The highest BCUT2D eigenvalue weighted by atomic mass is 19.1. The molecule has 0 aromatic carbocycles. The Balaban J connectivity index is 1.84. The molecule has 2 atom stereocenters. The summed E-state index contributed by atoms with van der Waals surface area (Å²) in [5.41, 5.74) is 0.295. The molecule has 1 heterocycles. The number of hydrogen-bond donors (Lipinski definition) is 1. The first-order chi connectivity index (χ1) is 9.58. The molecule has 1 aliphatic rings. The number of pyridine rings is 1. The number of aliphatic hydroxyl groups is 1. The number of nitrogens with zero attached hydrogens (tertiary/aromatic N) is 2. The van der Waals surface area contributed by atoms with Crippen LogP contribution in [0.2, 0.25) is 0 Å². The first-order valence-electron chi connectivity index (χ1n) is 7.11. The molecular formula is C15H21FN2O2. The SMILES string of the molecule is CN(CCC(=O)c1ccc(F)cn1)C1CCCCC1O.